The molecule has 0 radical (unpaired) electrons. The number of nitrogens with zero attached hydrogens (tertiary/aromatic N) is 1. The summed E-state index contributed by atoms with van der Waals surface area (Å²) < 4.78 is 10.5. The maximum Gasteiger partial charge on any atom is 0.312 e. The number of rotatable bonds is 7. The third-order valence-electron chi connectivity index (χ3n) is 4.57. The Labute approximate surface area is 166 Å². The summed E-state index contributed by atoms with van der Waals surface area (Å²) >= 11 is 0. The van der Waals surface area contributed by atoms with Crippen molar-refractivity contribution < 1.29 is 28.3 Å². The third-order valence-corrected chi connectivity index (χ3v) is 4.57. The molecule has 29 heavy (non-hydrogen) atoms. The van der Waals surface area contributed by atoms with Crippen molar-refractivity contribution in [3.05, 3.63) is 54.0 Å². The first-order chi connectivity index (χ1) is 13.8. The standard InChI is InChI=1S/C20H21N3O6/c1-12(19(26)22-15-6-4-13(5-7-15)18(21)25)29-20(27)14-9-17(24)23(10-14)11-16-3-2-8-28-16/h2-8,12,14H,9-11H2,1H3,(H2,21,25)(H,22,26). The summed E-state index contributed by atoms with van der Waals surface area (Å²) in [6.07, 6.45) is 0.499. The fourth-order valence-corrected chi connectivity index (χ4v) is 2.96. The number of anilines is 1. The lowest BCUT2D eigenvalue weighted by Gasteiger charge is -2.17. The Balaban J connectivity index is 1.51. The van der Waals surface area contributed by atoms with Gasteiger partial charge in [0, 0.05) is 24.2 Å². The predicted molar refractivity (Wildman–Crippen MR) is 101 cm³/mol. The van der Waals surface area contributed by atoms with Gasteiger partial charge in [-0.3, -0.25) is 19.2 Å². The van der Waals surface area contributed by atoms with Gasteiger partial charge < -0.3 is 25.1 Å². The van der Waals surface area contributed by atoms with Gasteiger partial charge in [-0.1, -0.05) is 0 Å². The van der Waals surface area contributed by atoms with Crippen molar-refractivity contribution >= 4 is 29.4 Å². The highest BCUT2D eigenvalue weighted by atomic mass is 16.5. The second-order valence-corrected chi connectivity index (χ2v) is 6.76. The normalized spacial score (nSPS) is 17.1. The largest absolute Gasteiger partial charge is 0.467 e. The van der Waals surface area contributed by atoms with Crippen LogP contribution in [-0.4, -0.2) is 41.2 Å². The SMILES string of the molecule is CC(OC(=O)C1CC(=O)N(Cc2ccco2)C1)C(=O)Nc1ccc(C(N)=O)cc1. The van der Waals surface area contributed by atoms with Gasteiger partial charge in [-0.15, -0.1) is 0 Å². The molecule has 2 heterocycles. The molecule has 3 rings (SSSR count). The van der Waals surface area contributed by atoms with E-state index in [2.05, 4.69) is 5.32 Å². The molecule has 9 nitrogen and oxygen atoms in total. The van der Waals surface area contributed by atoms with E-state index in [1.165, 1.54) is 42.4 Å². The van der Waals surface area contributed by atoms with Crippen molar-refractivity contribution in [2.75, 3.05) is 11.9 Å². The van der Waals surface area contributed by atoms with Gasteiger partial charge in [-0.25, -0.2) is 0 Å². The quantitative estimate of drug-likeness (QED) is 0.675. The highest BCUT2D eigenvalue weighted by Crippen LogP contribution is 2.22. The molecule has 0 saturated carbocycles. The number of carbonyl (C=O) groups excluding carboxylic acids is 4. The summed E-state index contributed by atoms with van der Waals surface area (Å²) in [6, 6.07) is 9.48. The van der Waals surface area contributed by atoms with Crippen LogP contribution in [0.4, 0.5) is 5.69 Å². The monoisotopic (exact) mass is 399 g/mol. The van der Waals surface area contributed by atoms with E-state index in [0.29, 0.717) is 17.0 Å². The van der Waals surface area contributed by atoms with E-state index in [-0.39, 0.29) is 25.4 Å². The molecule has 1 aliphatic heterocycles. The van der Waals surface area contributed by atoms with E-state index in [1.54, 1.807) is 12.1 Å². The molecule has 9 heteroatoms. The number of esters is 1. The minimum Gasteiger partial charge on any atom is -0.467 e. The van der Waals surface area contributed by atoms with Gasteiger partial charge in [0.15, 0.2) is 6.10 Å². The molecule has 0 bridgehead atoms. The smallest absolute Gasteiger partial charge is 0.312 e. The van der Waals surface area contributed by atoms with E-state index in [4.69, 9.17) is 14.9 Å². The lowest BCUT2D eigenvalue weighted by molar-refractivity contribution is -0.157. The number of furan rings is 1. The molecule has 0 aliphatic carbocycles. The summed E-state index contributed by atoms with van der Waals surface area (Å²) in [5.74, 6) is -1.88. The Morgan fingerprint density at radius 3 is 2.62 bits per heavy atom. The summed E-state index contributed by atoms with van der Waals surface area (Å²) in [5.41, 5.74) is 5.91. The highest BCUT2D eigenvalue weighted by Gasteiger charge is 2.36. The Bertz CT molecular complexity index is 907. The van der Waals surface area contributed by atoms with E-state index in [1.807, 2.05) is 0 Å². The maximum atomic E-state index is 12.4. The van der Waals surface area contributed by atoms with Crippen molar-refractivity contribution in [3.8, 4) is 0 Å². The number of likely N-dealkylation sites (tertiary alicyclic amines) is 1. The number of hydrogen-bond donors (Lipinski definition) is 2. The van der Waals surface area contributed by atoms with Gasteiger partial charge in [-0.2, -0.15) is 0 Å². The molecule has 1 saturated heterocycles. The second kappa shape index (κ2) is 8.59. The van der Waals surface area contributed by atoms with Crippen molar-refractivity contribution in [1.82, 2.24) is 4.90 Å². The van der Waals surface area contributed by atoms with E-state index < -0.39 is 29.8 Å². The Hall–Kier alpha value is -3.62. The zero-order valence-corrected chi connectivity index (χ0v) is 15.8. The topological polar surface area (TPSA) is 132 Å². The molecular weight excluding hydrogens is 378 g/mol. The molecule has 1 aromatic carbocycles. The summed E-state index contributed by atoms with van der Waals surface area (Å²) in [5, 5.41) is 2.59. The van der Waals surface area contributed by atoms with Gasteiger partial charge in [0.05, 0.1) is 18.7 Å². The van der Waals surface area contributed by atoms with Crippen LogP contribution in [-0.2, 0) is 25.7 Å². The fourth-order valence-electron chi connectivity index (χ4n) is 2.96. The molecule has 152 valence electrons. The number of nitrogens with two attached hydrogens (primary N) is 1. The van der Waals surface area contributed by atoms with Crippen molar-refractivity contribution in [3.63, 3.8) is 0 Å². The molecular formula is C20H21N3O6. The van der Waals surface area contributed by atoms with E-state index >= 15 is 0 Å². The number of carbonyl (C=O) groups is 4. The van der Waals surface area contributed by atoms with Crippen molar-refractivity contribution in [2.24, 2.45) is 11.7 Å². The van der Waals surface area contributed by atoms with E-state index in [0.717, 1.165) is 0 Å². The van der Waals surface area contributed by atoms with Crippen LogP contribution < -0.4 is 11.1 Å². The van der Waals surface area contributed by atoms with Gasteiger partial charge in [0.2, 0.25) is 11.8 Å². The van der Waals surface area contributed by atoms with Crippen LogP contribution in [0.15, 0.2) is 47.1 Å². The maximum absolute atomic E-state index is 12.4. The van der Waals surface area contributed by atoms with Crippen LogP contribution in [0, 0.1) is 5.92 Å². The highest BCUT2D eigenvalue weighted by molar-refractivity contribution is 5.97. The molecule has 1 aliphatic rings. The van der Waals surface area contributed by atoms with Crippen molar-refractivity contribution in [2.45, 2.75) is 26.0 Å². The molecule has 2 aromatic rings. The minimum absolute atomic E-state index is 0.0302. The van der Waals surface area contributed by atoms with Crippen LogP contribution in [0.2, 0.25) is 0 Å². The number of primary amides is 1. The lowest BCUT2D eigenvalue weighted by atomic mass is 10.1. The number of benzene rings is 1. The minimum atomic E-state index is -1.05. The average molecular weight is 399 g/mol. The molecule has 3 amide bonds. The van der Waals surface area contributed by atoms with Crippen molar-refractivity contribution in [1.29, 1.82) is 0 Å². The molecule has 3 N–H and O–H groups in total. The molecule has 0 spiro atoms. The number of ether oxygens (including phenoxy) is 1. The lowest BCUT2D eigenvalue weighted by Crippen LogP contribution is -2.33. The Kier molecular flexibility index (Phi) is 5.96. The summed E-state index contributed by atoms with van der Waals surface area (Å²) in [6.45, 7) is 1.94. The first-order valence-corrected chi connectivity index (χ1v) is 9.05. The van der Waals surface area contributed by atoms with Crippen LogP contribution in [0.5, 0.6) is 0 Å². The number of amides is 3. The average Bonchev–Trinajstić information content (AvgIpc) is 3.32. The van der Waals surface area contributed by atoms with Gasteiger partial charge in [-0.05, 0) is 43.3 Å². The molecule has 1 fully saturated rings. The van der Waals surface area contributed by atoms with Crippen LogP contribution in [0.3, 0.4) is 0 Å². The first-order valence-electron chi connectivity index (χ1n) is 9.05. The second-order valence-electron chi connectivity index (χ2n) is 6.76. The molecule has 1 aromatic heterocycles. The summed E-state index contributed by atoms with van der Waals surface area (Å²) in [4.78, 5) is 49.3. The van der Waals surface area contributed by atoms with Gasteiger partial charge >= 0.3 is 5.97 Å². The predicted octanol–water partition coefficient (Wildman–Crippen LogP) is 1.30. The van der Waals surface area contributed by atoms with Crippen LogP contribution in [0.1, 0.15) is 29.5 Å². The van der Waals surface area contributed by atoms with Gasteiger partial charge in [0.1, 0.15) is 5.76 Å². The fraction of sp³-hybridized carbons (Fsp3) is 0.300. The molecule has 2 unspecified atom stereocenters. The zero-order valence-electron chi connectivity index (χ0n) is 15.8. The number of hydrogen-bond acceptors (Lipinski definition) is 6. The first kappa shape index (κ1) is 20.1. The zero-order chi connectivity index (χ0) is 21.0. The Morgan fingerprint density at radius 2 is 2.00 bits per heavy atom. The van der Waals surface area contributed by atoms with Crippen LogP contribution in [0.25, 0.3) is 0 Å². The third kappa shape index (κ3) is 5.01. The summed E-state index contributed by atoms with van der Waals surface area (Å²) in [7, 11) is 0. The van der Waals surface area contributed by atoms with Crippen LogP contribution >= 0.6 is 0 Å². The molecule has 2 atom stereocenters. The Morgan fingerprint density at radius 1 is 1.28 bits per heavy atom. The van der Waals surface area contributed by atoms with Gasteiger partial charge in [0.25, 0.3) is 5.91 Å². The number of nitrogens with one attached hydrogen (secondary N) is 1. The van der Waals surface area contributed by atoms with E-state index in [9.17, 15) is 19.2 Å².